The zero-order valence-corrected chi connectivity index (χ0v) is 58.4. The van der Waals surface area contributed by atoms with Crippen molar-refractivity contribution in [3.63, 3.8) is 0 Å². The molecule has 4 aromatic carbocycles. The molecule has 0 aliphatic carbocycles. The summed E-state index contributed by atoms with van der Waals surface area (Å²) in [6, 6.07) is 54.9. The molecule has 16 rings (SSSR count). The minimum Gasteiger partial charge on any atom is 2.00 e. The van der Waals surface area contributed by atoms with Gasteiger partial charge in [-0.25, -0.2) is 34.0 Å². The van der Waals surface area contributed by atoms with E-state index in [-0.39, 0.29) is 21.1 Å². The van der Waals surface area contributed by atoms with Crippen LogP contribution >= 0.6 is 37.7 Å². The number of pyridine rings is 6. The SMILES string of the molecule is Cc1[c-]c2c3nc(Oc4[c-]c5c(cc4)c4ccccc4n5-c4ccccn4)ccc3c3nccnc3n2n1.Cc1cc2c3nc(Oc4ccc5c6ccccc6n(-c6ccccn6)c5c4)ccc3c3nccnc3n2n1.[Cl][Pt]([Cl])([Cl])[Cl].[K][K].[Pt+2]. The maximum absolute atomic E-state index is 6.34. The fourth-order valence-corrected chi connectivity index (χ4v) is 10.3. The van der Waals surface area contributed by atoms with E-state index >= 15 is 0 Å². The van der Waals surface area contributed by atoms with Crippen LogP contribution in [0.5, 0.6) is 23.3 Å². The topological polar surface area (TPSA) is 166 Å². The van der Waals surface area contributed by atoms with E-state index in [9.17, 15) is 0 Å². The number of aryl methyl sites for hydroxylation is 2. The van der Waals surface area contributed by atoms with Crippen LogP contribution in [-0.2, 0) is 33.0 Å². The van der Waals surface area contributed by atoms with E-state index in [1.54, 1.807) is 40.0 Å². The molecule has 0 radical (unpaired) electrons. The first-order chi connectivity index (χ1) is 40.5. The Bertz CT molecular complexity index is 4830. The maximum atomic E-state index is 6.34. The molecule has 16 nitrogen and oxygen atoms in total. The maximum Gasteiger partial charge on any atom is 2.00 e. The molecular formula is C60H36Cl4K2N14O2Pt2. The third-order valence-corrected chi connectivity index (χ3v) is 13.5. The molecule has 0 saturated carbocycles. The molecule has 0 aliphatic rings. The van der Waals surface area contributed by atoms with Crippen LogP contribution in [0.25, 0.3) is 110 Å². The summed E-state index contributed by atoms with van der Waals surface area (Å²) < 4.78 is 20.4. The summed E-state index contributed by atoms with van der Waals surface area (Å²) in [7, 11) is 20.0. The summed E-state index contributed by atoms with van der Waals surface area (Å²) >= 11 is -0.556. The number of benzene rings is 4. The van der Waals surface area contributed by atoms with Crippen LogP contribution in [0.2, 0.25) is 0 Å². The summed E-state index contributed by atoms with van der Waals surface area (Å²) in [4.78, 5) is 37.1. The van der Waals surface area contributed by atoms with Crippen LogP contribution in [0.15, 0.2) is 183 Å². The van der Waals surface area contributed by atoms with E-state index in [1.807, 2.05) is 123 Å². The number of rotatable bonds is 6. The first-order valence-corrected chi connectivity index (χ1v) is 53.1. The molecule has 0 N–H and O–H groups in total. The number of fused-ring (bicyclic) bond motifs is 18. The van der Waals surface area contributed by atoms with Crippen molar-refractivity contribution in [1.29, 1.82) is 0 Å². The summed E-state index contributed by atoms with van der Waals surface area (Å²) in [5.41, 5.74) is 11.6. The minimum atomic E-state index is -3.06. The van der Waals surface area contributed by atoms with Gasteiger partial charge in [0.25, 0.3) is 0 Å². The molecule has 24 heteroatoms. The molecular weight excluding hydrogens is 1560 g/mol. The molecule has 0 atom stereocenters. The Kier molecular flexibility index (Phi) is 18.0. The van der Waals surface area contributed by atoms with Crippen molar-refractivity contribution in [2.45, 2.75) is 13.8 Å². The number of hydrogen-bond acceptors (Lipinski definition) is 12. The Morgan fingerprint density at radius 3 is 1.64 bits per heavy atom. The van der Waals surface area contributed by atoms with Gasteiger partial charge in [0.15, 0.2) is 17.2 Å². The molecule has 408 valence electrons. The number of hydrogen-bond donors (Lipinski definition) is 0. The average Bonchev–Trinajstić information content (AvgIpc) is 1.80. The predicted octanol–water partition coefficient (Wildman–Crippen LogP) is 14.4. The van der Waals surface area contributed by atoms with Crippen molar-refractivity contribution in [1.82, 2.24) is 68.2 Å². The van der Waals surface area contributed by atoms with Crippen LogP contribution < -0.4 is 9.47 Å². The Hall–Kier alpha value is -4.93. The number of para-hydroxylation sites is 2. The zero-order chi connectivity index (χ0) is 56.9. The monoisotopic (exact) mass is 1590 g/mol. The van der Waals surface area contributed by atoms with Crippen LogP contribution in [0.1, 0.15) is 11.4 Å². The van der Waals surface area contributed by atoms with Gasteiger partial charge in [-0.1, -0.05) is 76.5 Å². The Morgan fingerprint density at radius 1 is 0.440 bits per heavy atom. The van der Waals surface area contributed by atoms with Crippen molar-refractivity contribution in [3.8, 4) is 34.9 Å². The molecule has 0 bridgehead atoms. The van der Waals surface area contributed by atoms with E-state index in [0.717, 1.165) is 105 Å². The van der Waals surface area contributed by atoms with Gasteiger partial charge < -0.3 is 19.0 Å². The van der Waals surface area contributed by atoms with E-state index in [0.29, 0.717) is 40.1 Å². The van der Waals surface area contributed by atoms with Gasteiger partial charge in [0.2, 0.25) is 5.88 Å². The van der Waals surface area contributed by atoms with E-state index in [1.165, 1.54) is 63.2 Å². The fraction of sp³-hybridized carbons (Fsp3) is 0.0333. The summed E-state index contributed by atoms with van der Waals surface area (Å²) in [5, 5.41) is 15.4. The Labute approximate surface area is 556 Å². The van der Waals surface area contributed by atoms with Gasteiger partial charge in [-0.2, -0.15) is 22.3 Å². The standard InChI is InChI=1S/C30H19N7O.C30H17N7O.4ClH.2K.2Pt/c2*1-18-16-25-28-22(29-30(37(25)35-18)33-15-14-32-29)11-12-27(34-28)38-19-9-10-21-20-6-2-3-7-23(20)36(24(21)17-19)26-8-4-5-13-31-26;;;;;;;;/h2-17H,1H3;2-15H,1H3;4*1H;;;;/q;-2;;;;;;;+2;+4/p-4. The van der Waals surface area contributed by atoms with Gasteiger partial charge in [0.1, 0.15) is 28.4 Å². The summed E-state index contributed by atoms with van der Waals surface area (Å²) in [6.07, 6.45) is 10.3. The van der Waals surface area contributed by atoms with Gasteiger partial charge in [-0.3, -0.25) is 14.5 Å². The number of ether oxygens (including phenoxy) is 2. The molecule has 0 aliphatic heterocycles. The first-order valence-electron chi connectivity index (χ1n) is 25.9. The van der Waals surface area contributed by atoms with Gasteiger partial charge in [0.05, 0.1) is 27.8 Å². The van der Waals surface area contributed by atoms with Crippen molar-refractivity contribution >= 4 is 200 Å². The molecule has 84 heavy (non-hydrogen) atoms. The van der Waals surface area contributed by atoms with Gasteiger partial charge in [-0.15, -0.1) is 17.5 Å². The van der Waals surface area contributed by atoms with E-state index < -0.39 is 11.9 Å². The molecule has 0 fully saturated rings. The normalized spacial score (nSPS) is 11.7. The second-order valence-electron chi connectivity index (χ2n) is 18.4. The molecule has 0 spiro atoms. The number of nitrogens with zero attached hydrogens (tertiary/aromatic N) is 14. The second kappa shape index (κ2) is 25.4. The van der Waals surface area contributed by atoms with Crippen LogP contribution in [0.3, 0.4) is 0 Å². The van der Waals surface area contributed by atoms with Gasteiger partial charge >= 0.3 is 134 Å². The van der Waals surface area contributed by atoms with Crippen molar-refractivity contribution in [3.05, 3.63) is 206 Å². The minimum absolute atomic E-state index is 0. The zero-order valence-electron chi connectivity index (χ0n) is 44.5. The van der Waals surface area contributed by atoms with Crippen LogP contribution in [0.4, 0.5) is 0 Å². The van der Waals surface area contributed by atoms with Crippen molar-refractivity contribution in [2.75, 3.05) is 0 Å². The van der Waals surface area contributed by atoms with E-state index in [2.05, 4.69) is 104 Å². The third kappa shape index (κ3) is 11.7. The molecule has 16 aromatic rings. The largest absolute Gasteiger partial charge is 2.00 e. The smallest absolute Gasteiger partial charge is 2.00 e. The summed E-state index contributed by atoms with van der Waals surface area (Å²) in [6.45, 7) is 3.85. The number of aromatic nitrogens is 14. The predicted molar refractivity (Wildman–Crippen MR) is 327 cm³/mol. The Morgan fingerprint density at radius 2 is 0.976 bits per heavy atom. The molecule has 0 unspecified atom stereocenters. The van der Waals surface area contributed by atoms with Crippen LogP contribution in [-0.4, -0.2) is 131 Å². The summed E-state index contributed by atoms with van der Waals surface area (Å²) in [5.74, 6) is 3.83. The Balaban J connectivity index is 0.000000148. The third-order valence-electron chi connectivity index (χ3n) is 13.5. The van der Waals surface area contributed by atoms with Crippen molar-refractivity contribution < 1.29 is 42.4 Å². The molecule has 0 saturated heterocycles. The van der Waals surface area contributed by atoms with E-state index in [4.69, 9.17) is 57.1 Å². The molecule has 0 amide bonds. The van der Waals surface area contributed by atoms with Gasteiger partial charge in [0, 0.05) is 76.7 Å². The molecule has 12 heterocycles. The van der Waals surface area contributed by atoms with Crippen molar-refractivity contribution in [2.24, 2.45) is 0 Å². The fourth-order valence-electron chi connectivity index (χ4n) is 10.3. The van der Waals surface area contributed by atoms with Crippen LogP contribution in [0, 0.1) is 26.0 Å². The average molecular weight is 1600 g/mol. The second-order valence-corrected chi connectivity index (χ2v) is 38.1. The number of halogens is 4. The van der Waals surface area contributed by atoms with Gasteiger partial charge in [-0.05, 0) is 91.7 Å². The molecule has 12 aromatic heterocycles. The quantitative estimate of drug-likeness (QED) is 0.0880. The first kappa shape index (κ1) is 59.4.